The van der Waals surface area contributed by atoms with Crippen molar-refractivity contribution in [2.45, 2.75) is 70.6 Å². The highest BCUT2D eigenvalue weighted by Gasteiger charge is 2.25. The summed E-state index contributed by atoms with van der Waals surface area (Å²) in [7, 11) is 1.69. The van der Waals surface area contributed by atoms with Gasteiger partial charge in [-0.25, -0.2) is 14.5 Å². The maximum Gasteiger partial charge on any atom is 0.241 e. The van der Waals surface area contributed by atoms with E-state index in [4.69, 9.17) is 9.84 Å². The molecule has 1 saturated carbocycles. The second-order valence-electron chi connectivity index (χ2n) is 9.10. The van der Waals surface area contributed by atoms with Gasteiger partial charge in [0.2, 0.25) is 5.95 Å². The lowest BCUT2D eigenvalue weighted by Gasteiger charge is -2.25. The molecule has 3 aromatic heterocycles. The summed E-state index contributed by atoms with van der Waals surface area (Å²) in [6.07, 6.45) is 7.10. The molecule has 0 aromatic carbocycles. The number of ether oxygens (including phenoxy) is 1. The number of nitrogens with zero attached hydrogens (tertiary/aromatic N) is 4. The van der Waals surface area contributed by atoms with Crippen molar-refractivity contribution in [2.75, 3.05) is 24.4 Å². The van der Waals surface area contributed by atoms with Crippen molar-refractivity contribution < 1.29 is 9.84 Å². The van der Waals surface area contributed by atoms with Crippen LogP contribution in [-0.4, -0.2) is 56.6 Å². The van der Waals surface area contributed by atoms with E-state index in [0.29, 0.717) is 24.5 Å². The summed E-state index contributed by atoms with van der Waals surface area (Å²) in [5.41, 5.74) is 4.32. The number of fused-ring (bicyclic) bond motifs is 1. The molecule has 1 atom stereocenters. The van der Waals surface area contributed by atoms with Gasteiger partial charge in [0.15, 0.2) is 0 Å². The van der Waals surface area contributed by atoms with Gasteiger partial charge in [0.05, 0.1) is 24.4 Å². The Hall–Kier alpha value is -2.71. The molecule has 3 N–H and O–H groups in total. The van der Waals surface area contributed by atoms with Crippen molar-refractivity contribution >= 4 is 17.3 Å². The molecule has 8 nitrogen and oxygen atoms in total. The van der Waals surface area contributed by atoms with E-state index in [1.165, 1.54) is 5.69 Å². The lowest BCUT2D eigenvalue weighted by molar-refractivity contribution is 0.121. The van der Waals surface area contributed by atoms with E-state index < -0.39 is 0 Å². The van der Waals surface area contributed by atoms with Crippen LogP contribution in [-0.2, 0) is 4.74 Å². The summed E-state index contributed by atoms with van der Waals surface area (Å²) in [6.45, 7) is 6.82. The molecule has 0 saturated heterocycles. The Morgan fingerprint density at radius 2 is 1.91 bits per heavy atom. The van der Waals surface area contributed by atoms with E-state index in [0.717, 1.165) is 48.1 Å². The van der Waals surface area contributed by atoms with Crippen molar-refractivity contribution in [2.24, 2.45) is 0 Å². The predicted octanol–water partition coefficient (Wildman–Crippen LogP) is 4.08. The van der Waals surface area contributed by atoms with Gasteiger partial charge in [-0.1, -0.05) is 0 Å². The third kappa shape index (κ3) is 5.02. The zero-order valence-electron chi connectivity index (χ0n) is 19.4. The van der Waals surface area contributed by atoms with Gasteiger partial charge in [-0.15, -0.1) is 5.10 Å². The zero-order chi connectivity index (χ0) is 22.7. The average Bonchev–Trinajstić information content (AvgIpc) is 3.13. The van der Waals surface area contributed by atoms with Crippen LogP contribution >= 0.6 is 0 Å². The van der Waals surface area contributed by atoms with E-state index in [2.05, 4.69) is 46.6 Å². The van der Waals surface area contributed by atoms with Crippen molar-refractivity contribution in [3.63, 3.8) is 0 Å². The fourth-order valence-electron chi connectivity index (χ4n) is 4.46. The summed E-state index contributed by atoms with van der Waals surface area (Å²) in [6, 6.07) is 6.76. The first-order valence-corrected chi connectivity index (χ1v) is 11.5. The monoisotopic (exact) mass is 438 g/mol. The number of pyridine rings is 1. The van der Waals surface area contributed by atoms with E-state index in [9.17, 15) is 5.11 Å². The summed E-state index contributed by atoms with van der Waals surface area (Å²) in [5, 5.41) is 21.6. The molecule has 3 aromatic rings. The molecule has 0 spiro atoms. The smallest absolute Gasteiger partial charge is 0.241 e. The third-order valence-corrected chi connectivity index (χ3v) is 5.96. The molecule has 8 heteroatoms. The number of aromatic nitrogens is 4. The first-order chi connectivity index (χ1) is 15.4. The Balaban J connectivity index is 1.76. The average molecular weight is 439 g/mol. The van der Waals surface area contributed by atoms with Gasteiger partial charge in [-0.2, -0.15) is 0 Å². The standard InChI is InChI=1S/C24H34N6O2/c1-15(2)27-23-11-18(9-10-25-23)20-12-21(17-5-7-19(31)8-6-17)30-22(20)13-26-24(29-30)28-16(3)14-32-4/h9-13,15-17,19,31H,5-8,14H2,1-4H3,(H,25,27)(H,28,29)/t16-,17?,19?/m0/s1. The van der Waals surface area contributed by atoms with Crippen LogP contribution in [0.15, 0.2) is 30.6 Å². The lowest BCUT2D eigenvalue weighted by atomic mass is 9.85. The number of aliphatic hydroxyl groups excluding tert-OH is 1. The van der Waals surface area contributed by atoms with Crippen LogP contribution in [0.5, 0.6) is 0 Å². The molecule has 0 radical (unpaired) electrons. The first kappa shape index (κ1) is 22.5. The highest BCUT2D eigenvalue weighted by molar-refractivity contribution is 5.82. The van der Waals surface area contributed by atoms with Crippen LogP contribution in [0, 0.1) is 0 Å². The Morgan fingerprint density at radius 1 is 1.12 bits per heavy atom. The lowest BCUT2D eigenvalue weighted by Crippen LogP contribution is -2.23. The Labute approximate surface area is 189 Å². The number of nitrogens with one attached hydrogen (secondary N) is 2. The second-order valence-corrected chi connectivity index (χ2v) is 9.10. The molecule has 4 rings (SSSR count). The van der Waals surface area contributed by atoms with Crippen LogP contribution in [0.3, 0.4) is 0 Å². The minimum atomic E-state index is -0.191. The van der Waals surface area contributed by atoms with Gasteiger partial charge in [0.25, 0.3) is 0 Å². The third-order valence-electron chi connectivity index (χ3n) is 5.96. The van der Waals surface area contributed by atoms with Crippen LogP contribution in [0.2, 0.25) is 0 Å². The number of aliphatic hydroxyl groups is 1. The van der Waals surface area contributed by atoms with Gasteiger partial charge in [-0.3, -0.25) is 0 Å². The fourth-order valence-corrected chi connectivity index (χ4v) is 4.46. The zero-order valence-corrected chi connectivity index (χ0v) is 19.4. The molecular weight excluding hydrogens is 404 g/mol. The summed E-state index contributed by atoms with van der Waals surface area (Å²) < 4.78 is 7.26. The molecular formula is C24H34N6O2. The number of methoxy groups -OCH3 is 1. The molecule has 0 bridgehead atoms. The highest BCUT2D eigenvalue weighted by Crippen LogP contribution is 2.38. The van der Waals surface area contributed by atoms with Gasteiger partial charge in [-0.05, 0) is 70.2 Å². The van der Waals surface area contributed by atoms with Crippen molar-refractivity contribution in [1.29, 1.82) is 0 Å². The van der Waals surface area contributed by atoms with Gasteiger partial charge in [0.1, 0.15) is 5.82 Å². The van der Waals surface area contributed by atoms with E-state index >= 15 is 0 Å². The summed E-state index contributed by atoms with van der Waals surface area (Å²) >= 11 is 0. The quantitative estimate of drug-likeness (QED) is 0.488. The Morgan fingerprint density at radius 3 is 2.62 bits per heavy atom. The van der Waals surface area contributed by atoms with E-state index in [1.54, 1.807) is 7.11 Å². The predicted molar refractivity (Wildman–Crippen MR) is 127 cm³/mol. The van der Waals surface area contributed by atoms with Gasteiger partial charge < -0.3 is 20.5 Å². The summed E-state index contributed by atoms with van der Waals surface area (Å²) in [4.78, 5) is 9.04. The maximum absolute atomic E-state index is 10.00. The van der Waals surface area contributed by atoms with E-state index in [1.807, 2.05) is 29.9 Å². The molecule has 32 heavy (non-hydrogen) atoms. The largest absolute Gasteiger partial charge is 0.393 e. The van der Waals surface area contributed by atoms with E-state index in [-0.39, 0.29) is 12.1 Å². The minimum Gasteiger partial charge on any atom is -0.393 e. The summed E-state index contributed by atoms with van der Waals surface area (Å²) in [5.74, 6) is 1.79. The second kappa shape index (κ2) is 9.83. The molecule has 0 amide bonds. The first-order valence-electron chi connectivity index (χ1n) is 11.5. The highest BCUT2D eigenvalue weighted by atomic mass is 16.5. The Kier molecular flexibility index (Phi) is 6.91. The van der Waals surface area contributed by atoms with Crippen molar-refractivity contribution in [3.05, 3.63) is 36.3 Å². The molecule has 3 heterocycles. The van der Waals surface area contributed by atoms with Crippen LogP contribution in [0.1, 0.15) is 58.1 Å². The number of rotatable bonds is 8. The van der Waals surface area contributed by atoms with Crippen LogP contribution < -0.4 is 10.6 Å². The van der Waals surface area contributed by atoms with Crippen molar-refractivity contribution in [3.8, 4) is 11.1 Å². The van der Waals surface area contributed by atoms with Crippen molar-refractivity contribution in [1.82, 2.24) is 19.6 Å². The maximum atomic E-state index is 10.00. The number of hydrogen-bond donors (Lipinski definition) is 3. The molecule has 0 aliphatic heterocycles. The van der Waals surface area contributed by atoms with Crippen LogP contribution in [0.4, 0.5) is 11.8 Å². The van der Waals surface area contributed by atoms with Gasteiger partial charge >= 0.3 is 0 Å². The van der Waals surface area contributed by atoms with Crippen LogP contribution in [0.25, 0.3) is 16.6 Å². The number of hydrogen-bond acceptors (Lipinski definition) is 7. The molecule has 172 valence electrons. The molecule has 1 fully saturated rings. The molecule has 1 aliphatic carbocycles. The Bertz CT molecular complexity index is 1040. The normalized spacial score (nSPS) is 19.9. The van der Waals surface area contributed by atoms with Gasteiger partial charge in [0, 0.05) is 42.6 Å². The minimum absolute atomic E-state index is 0.102. The topological polar surface area (TPSA) is 96.6 Å². The SMILES string of the molecule is COC[C@H](C)Nc1ncc2c(-c3ccnc(NC(C)C)c3)cc(C3CCC(O)CC3)n2n1. The molecule has 0 unspecified atom stereocenters. The number of anilines is 2. The fraction of sp³-hybridized carbons (Fsp3) is 0.542. The molecule has 1 aliphatic rings.